The molecule has 0 bridgehead atoms. The highest BCUT2D eigenvalue weighted by Gasteiger charge is 2.34. The Morgan fingerprint density at radius 2 is 1.60 bits per heavy atom. The molecule has 4 rings (SSSR count). The summed E-state index contributed by atoms with van der Waals surface area (Å²) < 4.78 is 29.3. The number of aryl methyl sites for hydroxylation is 3. The van der Waals surface area contributed by atoms with Crippen LogP contribution < -0.4 is 0 Å². The lowest BCUT2D eigenvalue weighted by Gasteiger charge is -2.26. The predicted octanol–water partition coefficient (Wildman–Crippen LogP) is 3.79. The molecule has 30 heavy (non-hydrogen) atoms. The molecule has 2 aliphatic heterocycles. The second-order valence-electron chi connectivity index (χ2n) is 8.71. The highest BCUT2D eigenvalue weighted by atomic mass is 32.2. The summed E-state index contributed by atoms with van der Waals surface area (Å²) in [6, 6.07) is 8.04. The van der Waals surface area contributed by atoms with E-state index < -0.39 is 10.0 Å². The summed E-state index contributed by atoms with van der Waals surface area (Å²) in [5, 5.41) is 0. The minimum absolute atomic E-state index is 0.0353. The van der Waals surface area contributed by atoms with E-state index in [0.29, 0.717) is 25.3 Å². The van der Waals surface area contributed by atoms with Gasteiger partial charge in [0.25, 0.3) is 5.91 Å². The van der Waals surface area contributed by atoms with Crippen molar-refractivity contribution < 1.29 is 13.2 Å². The zero-order valence-electron chi connectivity index (χ0n) is 18.1. The SMILES string of the molecule is Cc1cc(C)cc(C2CCCN2C(=O)c2cc(S(=O)(=O)N3CCCCC3)cn2C)c1. The number of nitrogens with zero attached hydrogens (tertiary/aromatic N) is 3. The number of hydrogen-bond donors (Lipinski definition) is 0. The molecule has 0 spiro atoms. The Morgan fingerprint density at radius 3 is 2.27 bits per heavy atom. The monoisotopic (exact) mass is 429 g/mol. The summed E-state index contributed by atoms with van der Waals surface area (Å²) in [5.41, 5.74) is 3.98. The van der Waals surface area contributed by atoms with Crippen molar-refractivity contribution in [3.63, 3.8) is 0 Å². The third-order valence-electron chi connectivity index (χ3n) is 6.29. The van der Waals surface area contributed by atoms with Crippen LogP contribution in [0.3, 0.4) is 0 Å². The van der Waals surface area contributed by atoms with Gasteiger partial charge in [0.15, 0.2) is 0 Å². The first-order valence-electron chi connectivity index (χ1n) is 10.8. The minimum atomic E-state index is -3.56. The van der Waals surface area contributed by atoms with Crippen LogP contribution in [0.25, 0.3) is 0 Å². The van der Waals surface area contributed by atoms with Crippen LogP contribution in [-0.2, 0) is 17.1 Å². The van der Waals surface area contributed by atoms with Gasteiger partial charge in [-0.2, -0.15) is 4.31 Å². The molecule has 1 aromatic heterocycles. The maximum atomic E-state index is 13.4. The number of piperidine rings is 1. The zero-order chi connectivity index (χ0) is 21.5. The maximum absolute atomic E-state index is 13.4. The molecule has 2 aliphatic rings. The molecule has 1 unspecified atom stereocenters. The van der Waals surface area contributed by atoms with Crippen LogP contribution >= 0.6 is 0 Å². The van der Waals surface area contributed by atoms with Crippen LogP contribution in [0.1, 0.15) is 65.3 Å². The van der Waals surface area contributed by atoms with Crippen molar-refractivity contribution in [1.29, 1.82) is 0 Å². The van der Waals surface area contributed by atoms with Crippen molar-refractivity contribution in [2.45, 2.75) is 56.9 Å². The smallest absolute Gasteiger partial charge is 0.271 e. The zero-order valence-corrected chi connectivity index (χ0v) is 18.9. The summed E-state index contributed by atoms with van der Waals surface area (Å²) >= 11 is 0. The average Bonchev–Trinajstić information content (AvgIpc) is 3.35. The molecular weight excluding hydrogens is 398 g/mol. The number of amides is 1. The highest BCUT2D eigenvalue weighted by Crippen LogP contribution is 2.34. The Morgan fingerprint density at radius 1 is 0.933 bits per heavy atom. The van der Waals surface area contributed by atoms with Gasteiger partial charge in [-0.15, -0.1) is 0 Å². The van der Waals surface area contributed by atoms with Gasteiger partial charge >= 0.3 is 0 Å². The summed E-state index contributed by atoms with van der Waals surface area (Å²) in [4.78, 5) is 15.6. The van der Waals surface area contributed by atoms with Crippen molar-refractivity contribution in [2.24, 2.45) is 7.05 Å². The van der Waals surface area contributed by atoms with Gasteiger partial charge < -0.3 is 9.47 Å². The van der Waals surface area contributed by atoms with Crippen LogP contribution in [0, 0.1) is 13.8 Å². The molecule has 0 N–H and O–H groups in total. The van der Waals surface area contributed by atoms with Crippen molar-refractivity contribution >= 4 is 15.9 Å². The molecule has 2 fully saturated rings. The van der Waals surface area contributed by atoms with Gasteiger partial charge in [-0.1, -0.05) is 35.7 Å². The van der Waals surface area contributed by atoms with Crippen LogP contribution in [-0.4, -0.2) is 47.7 Å². The van der Waals surface area contributed by atoms with Gasteiger partial charge in [0.2, 0.25) is 10.0 Å². The molecule has 6 nitrogen and oxygen atoms in total. The van der Waals surface area contributed by atoms with Crippen molar-refractivity contribution in [2.75, 3.05) is 19.6 Å². The first kappa shape index (κ1) is 21.1. The molecule has 0 radical (unpaired) electrons. The molecule has 1 atom stereocenters. The second kappa shape index (κ2) is 8.19. The van der Waals surface area contributed by atoms with E-state index in [9.17, 15) is 13.2 Å². The molecule has 3 heterocycles. The van der Waals surface area contributed by atoms with Gasteiger partial charge in [-0.05, 0) is 51.2 Å². The summed E-state index contributed by atoms with van der Waals surface area (Å²) in [7, 11) is -1.80. The molecule has 2 saturated heterocycles. The third-order valence-corrected chi connectivity index (χ3v) is 8.16. The van der Waals surface area contributed by atoms with Gasteiger partial charge in [0.1, 0.15) is 10.6 Å². The van der Waals surface area contributed by atoms with E-state index in [4.69, 9.17) is 0 Å². The number of carbonyl (C=O) groups is 1. The molecule has 7 heteroatoms. The molecule has 2 aromatic rings. The third kappa shape index (κ3) is 3.93. The van der Waals surface area contributed by atoms with Crippen molar-refractivity contribution in [3.8, 4) is 0 Å². The first-order chi connectivity index (χ1) is 14.3. The summed E-state index contributed by atoms with van der Waals surface area (Å²) in [6.07, 6.45) is 6.32. The van der Waals surface area contributed by atoms with Crippen LogP contribution in [0.5, 0.6) is 0 Å². The normalized spacial score (nSPS) is 20.6. The van der Waals surface area contributed by atoms with Gasteiger partial charge in [-0.25, -0.2) is 8.42 Å². The van der Waals surface area contributed by atoms with Crippen molar-refractivity contribution in [3.05, 3.63) is 52.8 Å². The van der Waals surface area contributed by atoms with Crippen LogP contribution in [0.15, 0.2) is 35.4 Å². The molecule has 1 amide bonds. The number of rotatable bonds is 4. The summed E-state index contributed by atoms with van der Waals surface area (Å²) in [6.45, 7) is 5.96. The van der Waals surface area contributed by atoms with E-state index in [2.05, 4.69) is 32.0 Å². The fraction of sp³-hybridized carbons (Fsp3) is 0.522. The fourth-order valence-electron chi connectivity index (χ4n) is 4.85. The van der Waals surface area contributed by atoms with Crippen molar-refractivity contribution in [1.82, 2.24) is 13.8 Å². The van der Waals surface area contributed by atoms with Crippen LogP contribution in [0.4, 0.5) is 0 Å². The van der Waals surface area contributed by atoms with E-state index in [1.165, 1.54) is 11.1 Å². The van der Waals surface area contributed by atoms with Crippen LogP contribution in [0.2, 0.25) is 0 Å². The lowest BCUT2D eigenvalue weighted by Crippen LogP contribution is -2.35. The van der Waals surface area contributed by atoms with E-state index >= 15 is 0 Å². The van der Waals surface area contributed by atoms with E-state index in [1.54, 1.807) is 28.2 Å². The molecule has 0 saturated carbocycles. The van der Waals surface area contributed by atoms with E-state index in [1.807, 2.05) is 4.90 Å². The standard InChI is InChI=1S/C23H31N3O3S/c1-17-12-18(2)14-19(13-17)21-8-7-11-26(21)23(27)22-15-20(16-24(22)3)30(28,29)25-9-5-4-6-10-25/h12-16,21H,4-11H2,1-3H3. The lowest BCUT2D eigenvalue weighted by atomic mass is 9.99. The number of aromatic nitrogens is 1. The summed E-state index contributed by atoms with van der Waals surface area (Å²) in [5.74, 6) is -0.0979. The van der Waals surface area contributed by atoms with E-state index in [-0.39, 0.29) is 16.8 Å². The minimum Gasteiger partial charge on any atom is -0.345 e. The van der Waals surface area contributed by atoms with Gasteiger partial charge in [-0.3, -0.25) is 4.79 Å². The predicted molar refractivity (Wildman–Crippen MR) is 117 cm³/mol. The fourth-order valence-corrected chi connectivity index (χ4v) is 6.44. The maximum Gasteiger partial charge on any atom is 0.271 e. The quantitative estimate of drug-likeness (QED) is 0.743. The Hall–Kier alpha value is -2.12. The number of carbonyl (C=O) groups excluding carboxylic acids is 1. The Labute approximate surface area is 179 Å². The topological polar surface area (TPSA) is 62.6 Å². The average molecular weight is 430 g/mol. The molecule has 0 aliphatic carbocycles. The molecular formula is C23H31N3O3S. The van der Waals surface area contributed by atoms with Gasteiger partial charge in [0.05, 0.1) is 6.04 Å². The number of hydrogen-bond acceptors (Lipinski definition) is 3. The Kier molecular flexibility index (Phi) is 5.77. The van der Waals surface area contributed by atoms with Gasteiger partial charge in [0, 0.05) is 32.9 Å². The second-order valence-corrected chi connectivity index (χ2v) is 10.7. The molecule has 1 aromatic carbocycles. The Balaban J connectivity index is 1.62. The largest absolute Gasteiger partial charge is 0.345 e. The highest BCUT2D eigenvalue weighted by molar-refractivity contribution is 7.89. The first-order valence-corrected chi connectivity index (χ1v) is 12.3. The lowest BCUT2D eigenvalue weighted by molar-refractivity contribution is 0.0726. The molecule has 162 valence electrons. The van der Waals surface area contributed by atoms with E-state index in [0.717, 1.165) is 37.7 Å². The Bertz CT molecular complexity index is 1030. The number of sulfonamides is 1. The number of likely N-dealkylation sites (tertiary alicyclic amines) is 1. The number of benzene rings is 1.